The van der Waals surface area contributed by atoms with E-state index < -0.39 is 5.91 Å². The highest BCUT2D eigenvalue weighted by Crippen LogP contribution is 2.41. The lowest BCUT2D eigenvalue weighted by molar-refractivity contribution is 0.0960. The number of rotatable bonds is 3. The molecule has 0 bridgehead atoms. The minimum Gasteiger partial charge on any atom is -0.491 e. The zero-order chi connectivity index (χ0) is 17.3. The third kappa shape index (κ3) is 2.57. The highest BCUT2D eigenvalue weighted by Gasteiger charge is 2.31. The van der Waals surface area contributed by atoms with E-state index in [0.29, 0.717) is 17.9 Å². The summed E-state index contributed by atoms with van der Waals surface area (Å²) in [5, 5.41) is 11.6. The summed E-state index contributed by atoms with van der Waals surface area (Å²) in [4.78, 5) is 23.7. The summed E-state index contributed by atoms with van der Waals surface area (Å²) in [6, 6.07) is 12.4. The second-order valence-electron chi connectivity index (χ2n) is 5.49. The van der Waals surface area contributed by atoms with Gasteiger partial charge in [-0.05, 0) is 29.8 Å². The number of ether oxygens (including phenoxy) is 1. The fraction of sp³-hybridized carbons (Fsp3) is 0.167. The zero-order valence-corrected chi connectivity index (χ0v) is 13.0. The molecule has 0 aromatic heterocycles. The van der Waals surface area contributed by atoms with Gasteiger partial charge in [0.15, 0.2) is 0 Å². The maximum Gasteiger partial charge on any atom is 0.254 e. The lowest BCUT2D eigenvalue weighted by Gasteiger charge is -2.12. The van der Waals surface area contributed by atoms with Crippen molar-refractivity contribution >= 4 is 11.8 Å². The van der Waals surface area contributed by atoms with Crippen molar-refractivity contribution in [3.05, 3.63) is 64.2 Å². The number of hydrogen-bond acceptors (Lipinski definition) is 4. The average molecular weight is 321 g/mol. The molecular weight excluding hydrogens is 306 g/mol. The Labute approximate surface area is 138 Å². The molecule has 0 radical (unpaired) electrons. The van der Waals surface area contributed by atoms with Crippen LogP contribution in [0.2, 0.25) is 0 Å². The van der Waals surface area contributed by atoms with Gasteiger partial charge >= 0.3 is 0 Å². The van der Waals surface area contributed by atoms with Gasteiger partial charge in [-0.15, -0.1) is 0 Å². The molecule has 2 aromatic rings. The molecule has 1 heterocycles. The lowest BCUT2D eigenvalue weighted by atomic mass is 9.89. The molecule has 6 nitrogen and oxygen atoms in total. The number of fused-ring (bicyclic) bond motifs is 1. The van der Waals surface area contributed by atoms with Crippen LogP contribution in [-0.2, 0) is 0 Å². The van der Waals surface area contributed by atoms with Crippen LogP contribution >= 0.6 is 0 Å². The normalized spacial score (nSPS) is 15.1. The summed E-state index contributed by atoms with van der Waals surface area (Å²) >= 11 is 0. The first-order chi connectivity index (χ1) is 11.5. The molecule has 24 heavy (non-hydrogen) atoms. The Hall–Kier alpha value is -3.33. The van der Waals surface area contributed by atoms with Crippen molar-refractivity contribution in [3.8, 4) is 11.8 Å². The molecule has 1 unspecified atom stereocenters. The van der Waals surface area contributed by atoms with Crippen LogP contribution in [0, 0.1) is 11.3 Å². The summed E-state index contributed by atoms with van der Waals surface area (Å²) in [6.07, 6.45) is 0. The van der Waals surface area contributed by atoms with Crippen LogP contribution in [0.3, 0.4) is 0 Å². The molecule has 0 saturated carbocycles. The smallest absolute Gasteiger partial charge is 0.254 e. The molecule has 3 rings (SSSR count). The first-order valence-electron chi connectivity index (χ1n) is 7.37. The Bertz CT molecular complexity index is 884. The summed E-state index contributed by atoms with van der Waals surface area (Å²) in [5.41, 5.74) is 8.07. The third-order valence-corrected chi connectivity index (χ3v) is 4.06. The Morgan fingerprint density at radius 2 is 2.12 bits per heavy atom. The second kappa shape index (κ2) is 6.05. The van der Waals surface area contributed by atoms with Crippen molar-refractivity contribution < 1.29 is 14.3 Å². The fourth-order valence-electron chi connectivity index (χ4n) is 2.87. The molecule has 3 N–H and O–H groups in total. The summed E-state index contributed by atoms with van der Waals surface area (Å²) in [5.74, 6) is -0.678. The van der Waals surface area contributed by atoms with Gasteiger partial charge in [-0.2, -0.15) is 5.26 Å². The lowest BCUT2D eigenvalue weighted by Crippen LogP contribution is -2.20. The van der Waals surface area contributed by atoms with Crippen LogP contribution in [0.15, 0.2) is 36.4 Å². The number of carbonyl (C=O) groups excluding carboxylic acids is 2. The van der Waals surface area contributed by atoms with Crippen molar-refractivity contribution in [2.24, 2.45) is 5.73 Å². The summed E-state index contributed by atoms with van der Waals surface area (Å²) in [7, 11) is 1.51. The van der Waals surface area contributed by atoms with Crippen molar-refractivity contribution in [2.75, 3.05) is 13.7 Å². The molecule has 120 valence electrons. The molecule has 0 saturated heterocycles. The standard InChI is InChI=1S/C18H15N3O3/c1-21-18(23)14-7-12(17(20)22)6-13-15(9-24-16(13)14)11-4-2-3-10(5-11)8-19/h2-7,15H,9H2,1H3,(H2,20,22)(H,21,23). The molecular formula is C18H15N3O3. The van der Waals surface area contributed by atoms with Crippen LogP contribution < -0.4 is 15.8 Å². The van der Waals surface area contributed by atoms with Crippen LogP contribution in [0.4, 0.5) is 0 Å². The van der Waals surface area contributed by atoms with E-state index in [1.54, 1.807) is 24.3 Å². The molecule has 6 heteroatoms. The van der Waals surface area contributed by atoms with Gasteiger partial charge in [0.25, 0.3) is 5.91 Å². The number of amides is 2. The maximum atomic E-state index is 12.1. The zero-order valence-electron chi connectivity index (χ0n) is 13.0. The Morgan fingerprint density at radius 3 is 2.79 bits per heavy atom. The maximum absolute atomic E-state index is 12.1. The Kier molecular flexibility index (Phi) is 3.92. The number of nitrogens with one attached hydrogen (secondary N) is 1. The molecule has 0 fully saturated rings. The molecule has 1 atom stereocenters. The number of carbonyl (C=O) groups is 2. The fourth-order valence-corrected chi connectivity index (χ4v) is 2.87. The van der Waals surface area contributed by atoms with Crippen molar-refractivity contribution in [3.63, 3.8) is 0 Å². The van der Waals surface area contributed by atoms with Gasteiger partial charge in [0.1, 0.15) is 5.75 Å². The quantitative estimate of drug-likeness (QED) is 0.894. The number of benzene rings is 2. The molecule has 2 amide bonds. The van der Waals surface area contributed by atoms with E-state index in [2.05, 4.69) is 11.4 Å². The van der Waals surface area contributed by atoms with Gasteiger partial charge in [0.05, 0.1) is 23.8 Å². The van der Waals surface area contributed by atoms with Crippen LogP contribution in [0.25, 0.3) is 0 Å². The van der Waals surface area contributed by atoms with Crippen LogP contribution in [-0.4, -0.2) is 25.5 Å². The SMILES string of the molecule is CNC(=O)c1cc(C(N)=O)cc2c1OCC2c1cccc(C#N)c1. The predicted octanol–water partition coefficient (Wildman–Crippen LogP) is 1.54. The number of nitrogens with two attached hydrogens (primary N) is 1. The van der Waals surface area contributed by atoms with Gasteiger partial charge in [0.2, 0.25) is 5.91 Å². The molecule has 2 aromatic carbocycles. The molecule has 1 aliphatic heterocycles. The second-order valence-corrected chi connectivity index (χ2v) is 5.49. The summed E-state index contributed by atoms with van der Waals surface area (Å²) < 4.78 is 5.73. The largest absolute Gasteiger partial charge is 0.491 e. The topological polar surface area (TPSA) is 105 Å². The van der Waals surface area contributed by atoms with Gasteiger partial charge < -0.3 is 15.8 Å². The van der Waals surface area contributed by atoms with E-state index in [1.807, 2.05) is 6.07 Å². The van der Waals surface area contributed by atoms with Crippen LogP contribution in [0.1, 0.15) is 43.3 Å². The summed E-state index contributed by atoms with van der Waals surface area (Å²) in [6.45, 7) is 0.330. The highest BCUT2D eigenvalue weighted by atomic mass is 16.5. The third-order valence-electron chi connectivity index (χ3n) is 4.06. The van der Waals surface area contributed by atoms with E-state index in [-0.39, 0.29) is 23.0 Å². The van der Waals surface area contributed by atoms with Gasteiger partial charge in [0, 0.05) is 24.1 Å². The highest BCUT2D eigenvalue weighted by molar-refractivity contribution is 6.02. The van der Waals surface area contributed by atoms with E-state index >= 15 is 0 Å². The molecule has 0 aliphatic carbocycles. The van der Waals surface area contributed by atoms with Gasteiger partial charge in [-0.25, -0.2) is 0 Å². The Morgan fingerprint density at radius 1 is 1.33 bits per heavy atom. The van der Waals surface area contributed by atoms with Gasteiger partial charge in [-0.1, -0.05) is 12.1 Å². The van der Waals surface area contributed by atoms with Gasteiger partial charge in [-0.3, -0.25) is 9.59 Å². The van der Waals surface area contributed by atoms with E-state index in [0.717, 1.165) is 11.1 Å². The van der Waals surface area contributed by atoms with Crippen LogP contribution in [0.5, 0.6) is 5.75 Å². The number of hydrogen-bond donors (Lipinski definition) is 2. The Balaban J connectivity index is 2.16. The monoisotopic (exact) mass is 321 g/mol. The van der Waals surface area contributed by atoms with Crippen molar-refractivity contribution in [1.82, 2.24) is 5.32 Å². The van der Waals surface area contributed by atoms with Crippen molar-refractivity contribution in [2.45, 2.75) is 5.92 Å². The average Bonchev–Trinajstić information content (AvgIpc) is 3.04. The van der Waals surface area contributed by atoms with E-state index in [9.17, 15) is 9.59 Å². The minimum absolute atomic E-state index is 0.170. The number of primary amides is 1. The predicted molar refractivity (Wildman–Crippen MR) is 86.8 cm³/mol. The van der Waals surface area contributed by atoms with E-state index in [1.165, 1.54) is 13.1 Å². The first-order valence-corrected chi connectivity index (χ1v) is 7.37. The molecule has 1 aliphatic rings. The van der Waals surface area contributed by atoms with Crippen molar-refractivity contribution in [1.29, 1.82) is 5.26 Å². The van der Waals surface area contributed by atoms with E-state index in [4.69, 9.17) is 15.7 Å². The first kappa shape index (κ1) is 15.6. The number of nitrogens with zero attached hydrogens (tertiary/aromatic N) is 1. The number of nitriles is 1. The minimum atomic E-state index is -0.612. The molecule has 0 spiro atoms.